The summed E-state index contributed by atoms with van der Waals surface area (Å²) in [6.45, 7) is 1.09. The minimum absolute atomic E-state index is 0.0768. The van der Waals surface area contributed by atoms with Crippen LogP contribution in [0.25, 0.3) is 0 Å². The predicted octanol–water partition coefficient (Wildman–Crippen LogP) is 1.71. The summed E-state index contributed by atoms with van der Waals surface area (Å²) in [5.74, 6) is 1.96. The summed E-state index contributed by atoms with van der Waals surface area (Å²) in [6, 6.07) is 0.477. The summed E-state index contributed by atoms with van der Waals surface area (Å²) in [4.78, 5) is 15.1. The molecule has 3 heterocycles. The van der Waals surface area contributed by atoms with E-state index in [1.54, 1.807) is 11.8 Å². The first-order valence-corrected chi connectivity index (χ1v) is 13.5. The fourth-order valence-electron chi connectivity index (χ4n) is 5.46. The molecule has 3 aliphatic heterocycles. The first-order valence-electron chi connectivity index (χ1n) is 10.5. The smallest absolute Gasteiger partial charge is 0.234 e. The number of hydrogen-bond acceptors (Lipinski definition) is 6. The van der Waals surface area contributed by atoms with E-state index in [2.05, 4.69) is 15.5 Å². The Labute approximate surface area is 167 Å². The molecule has 6 nitrogen and oxygen atoms in total. The summed E-state index contributed by atoms with van der Waals surface area (Å²) in [6.07, 6.45) is 10.8. The van der Waals surface area contributed by atoms with Crippen LogP contribution in [-0.2, 0) is 14.6 Å². The molecule has 4 atom stereocenters. The van der Waals surface area contributed by atoms with E-state index in [0.717, 1.165) is 63.7 Å². The number of nitrogens with zero attached hydrogens (tertiary/aromatic N) is 1. The van der Waals surface area contributed by atoms with Crippen molar-refractivity contribution in [2.24, 2.45) is 5.92 Å². The Kier molecular flexibility index (Phi) is 6.07. The molecular weight excluding hydrogens is 382 g/mol. The number of thioether (sulfide) groups is 1. The van der Waals surface area contributed by atoms with Crippen LogP contribution in [0.2, 0.25) is 0 Å². The van der Waals surface area contributed by atoms with Gasteiger partial charge in [0.25, 0.3) is 0 Å². The Morgan fingerprint density at radius 1 is 1.07 bits per heavy atom. The average Bonchev–Trinajstić information content (AvgIpc) is 3.31. The van der Waals surface area contributed by atoms with Crippen molar-refractivity contribution in [3.8, 4) is 0 Å². The fraction of sp³-hybridized carbons (Fsp3) is 0.947. The fourth-order valence-corrected chi connectivity index (χ4v) is 7.76. The second-order valence-electron chi connectivity index (χ2n) is 8.80. The topological polar surface area (TPSA) is 78.5 Å². The third kappa shape index (κ3) is 4.49. The Morgan fingerprint density at radius 3 is 2.52 bits per heavy atom. The number of carbonyl (C=O) groups excluding carboxylic acids is 1. The van der Waals surface area contributed by atoms with Gasteiger partial charge in [-0.15, -0.1) is 11.8 Å². The molecule has 27 heavy (non-hydrogen) atoms. The van der Waals surface area contributed by atoms with Gasteiger partial charge in [0.2, 0.25) is 5.91 Å². The van der Waals surface area contributed by atoms with Crippen LogP contribution >= 0.6 is 11.8 Å². The van der Waals surface area contributed by atoms with Gasteiger partial charge in [0.15, 0.2) is 0 Å². The van der Waals surface area contributed by atoms with Crippen LogP contribution in [0.5, 0.6) is 0 Å². The molecule has 0 aromatic rings. The van der Waals surface area contributed by atoms with Crippen molar-refractivity contribution >= 4 is 27.5 Å². The average molecular weight is 416 g/mol. The Hall–Kier alpha value is -0.310. The Bertz CT molecular complexity index is 643. The lowest BCUT2D eigenvalue weighted by molar-refractivity contribution is -0.122. The molecule has 3 saturated heterocycles. The summed E-state index contributed by atoms with van der Waals surface area (Å²) >= 11 is 1.78. The summed E-state index contributed by atoms with van der Waals surface area (Å²) in [5.41, 5.74) is 0. The van der Waals surface area contributed by atoms with Crippen LogP contribution in [0, 0.1) is 5.92 Å². The second-order valence-corrected chi connectivity index (χ2v) is 12.4. The van der Waals surface area contributed by atoms with Crippen LogP contribution in [0.15, 0.2) is 0 Å². The van der Waals surface area contributed by atoms with Crippen molar-refractivity contribution in [1.82, 2.24) is 15.5 Å². The Morgan fingerprint density at radius 2 is 1.85 bits per heavy atom. The molecular formula is C19H33N3O3S2. The third-order valence-electron chi connectivity index (χ3n) is 7.02. The highest BCUT2D eigenvalue weighted by molar-refractivity contribution is 8.00. The standard InChI is InChI=1S/C19H33N3O3S2/c1-27(24,25)15-7-5-14(6-8-15)22-11-10-13-4-9-17(20-18(13)22)21-19(23)16-3-2-12-26-16/h13-18,20H,2-12H2,1H3,(H,21,23). The largest absolute Gasteiger partial charge is 0.340 e. The molecule has 2 N–H and O–H groups in total. The van der Waals surface area contributed by atoms with E-state index < -0.39 is 9.84 Å². The maximum Gasteiger partial charge on any atom is 0.234 e. The number of likely N-dealkylation sites (tertiary alicyclic amines) is 1. The van der Waals surface area contributed by atoms with Gasteiger partial charge in [0, 0.05) is 18.8 Å². The van der Waals surface area contributed by atoms with Gasteiger partial charge in [-0.2, -0.15) is 0 Å². The predicted molar refractivity (Wildman–Crippen MR) is 109 cm³/mol. The normalized spacial score (nSPS) is 40.6. The van der Waals surface area contributed by atoms with Gasteiger partial charge in [-0.05, 0) is 69.5 Å². The van der Waals surface area contributed by atoms with Crippen LogP contribution < -0.4 is 10.6 Å². The zero-order chi connectivity index (χ0) is 19.0. The lowest BCUT2D eigenvalue weighted by Gasteiger charge is -2.43. The maximum atomic E-state index is 12.5. The molecule has 1 aliphatic carbocycles. The quantitative estimate of drug-likeness (QED) is 0.728. The molecule has 8 heteroatoms. The van der Waals surface area contributed by atoms with E-state index in [-0.39, 0.29) is 22.6 Å². The highest BCUT2D eigenvalue weighted by Crippen LogP contribution is 2.37. The number of piperidine rings is 1. The third-order valence-corrected chi connectivity index (χ3v) is 10.1. The molecule has 0 radical (unpaired) electrons. The zero-order valence-electron chi connectivity index (χ0n) is 16.2. The van der Waals surface area contributed by atoms with E-state index >= 15 is 0 Å². The Balaban J connectivity index is 1.33. The summed E-state index contributed by atoms with van der Waals surface area (Å²) in [5, 5.41) is 6.96. The van der Waals surface area contributed by atoms with Crippen LogP contribution in [0.3, 0.4) is 0 Å². The van der Waals surface area contributed by atoms with E-state index in [4.69, 9.17) is 0 Å². The molecule has 0 aromatic heterocycles. The van der Waals surface area contributed by atoms with E-state index in [1.807, 2.05) is 0 Å². The number of rotatable bonds is 4. The molecule has 0 spiro atoms. The first-order chi connectivity index (χ1) is 12.9. The molecule has 1 amide bonds. The van der Waals surface area contributed by atoms with Crippen molar-refractivity contribution in [2.45, 2.75) is 86.7 Å². The number of fused-ring (bicyclic) bond motifs is 1. The monoisotopic (exact) mass is 415 g/mol. The van der Waals surface area contributed by atoms with Gasteiger partial charge >= 0.3 is 0 Å². The van der Waals surface area contributed by atoms with Gasteiger partial charge in [0.05, 0.1) is 22.8 Å². The van der Waals surface area contributed by atoms with Gasteiger partial charge in [-0.3, -0.25) is 15.0 Å². The highest BCUT2D eigenvalue weighted by Gasteiger charge is 2.43. The number of hydrogen-bond donors (Lipinski definition) is 2. The van der Waals surface area contributed by atoms with Gasteiger partial charge in [-0.1, -0.05) is 0 Å². The number of carbonyl (C=O) groups is 1. The molecule has 154 valence electrons. The minimum Gasteiger partial charge on any atom is -0.340 e. The van der Waals surface area contributed by atoms with E-state index in [9.17, 15) is 13.2 Å². The van der Waals surface area contributed by atoms with Gasteiger partial charge in [0.1, 0.15) is 9.84 Å². The molecule has 4 fully saturated rings. The van der Waals surface area contributed by atoms with Crippen LogP contribution in [0.1, 0.15) is 57.8 Å². The van der Waals surface area contributed by atoms with Crippen molar-refractivity contribution in [1.29, 1.82) is 0 Å². The molecule has 1 saturated carbocycles. The molecule has 4 rings (SSSR count). The minimum atomic E-state index is -2.91. The van der Waals surface area contributed by atoms with Gasteiger partial charge < -0.3 is 5.32 Å². The summed E-state index contributed by atoms with van der Waals surface area (Å²) < 4.78 is 23.7. The van der Waals surface area contributed by atoms with Crippen LogP contribution in [0.4, 0.5) is 0 Å². The van der Waals surface area contributed by atoms with Crippen molar-refractivity contribution in [3.05, 3.63) is 0 Å². The van der Waals surface area contributed by atoms with Crippen LogP contribution in [-0.4, -0.2) is 66.7 Å². The lowest BCUT2D eigenvalue weighted by atomic mass is 9.91. The van der Waals surface area contributed by atoms with Gasteiger partial charge in [-0.25, -0.2) is 8.42 Å². The first kappa shape index (κ1) is 20.0. The molecule has 4 unspecified atom stereocenters. The van der Waals surface area contributed by atoms with Crippen molar-refractivity contribution < 1.29 is 13.2 Å². The van der Waals surface area contributed by atoms with Crippen molar-refractivity contribution in [3.63, 3.8) is 0 Å². The number of sulfone groups is 1. The highest BCUT2D eigenvalue weighted by atomic mass is 32.2. The number of nitrogens with one attached hydrogen (secondary N) is 2. The molecule has 0 aromatic carbocycles. The van der Waals surface area contributed by atoms with Crippen molar-refractivity contribution in [2.75, 3.05) is 18.6 Å². The number of amides is 1. The van der Waals surface area contributed by atoms with E-state index in [0.29, 0.717) is 18.1 Å². The zero-order valence-corrected chi connectivity index (χ0v) is 17.9. The molecule has 4 aliphatic rings. The second kappa shape index (κ2) is 8.20. The maximum absolute atomic E-state index is 12.5. The summed E-state index contributed by atoms with van der Waals surface area (Å²) in [7, 11) is -2.91. The molecule has 0 bridgehead atoms. The SMILES string of the molecule is CS(=O)(=O)C1CCC(N2CCC3CCC(NC(=O)C4CCCS4)NC32)CC1. The lowest BCUT2D eigenvalue weighted by Crippen LogP contribution is -2.60. The van der Waals surface area contributed by atoms with E-state index in [1.165, 1.54) is 12.7 Å².